The summed E-state index contributed by atoms with van der Waals surface area (Å²) in [5, 5.41) is 40.8. The van der Waals surface area contributed by atoms with Crippen LogP contribution in [0.5, 0.6) is 11.5 Å². The number of amides is 1. The minimum atomic E-state index is -0.867. The van der Waals surface area contributed by atoms with Crippen molar-refractivity contribution in [1.29, 1.82) is 5.26 Å². The minimum absolute atomic E-state index is 0.201. The van der Waals surface area contributed by atoms with E-state index in [-0.39, 0.29) is 11.3 Å². The van der Waals surface area contributed by atoms with Gasteiger partial charge in [-0.3, -0.25) is 14.9 Å². The number of nitro groups is 1. The predicted molar refractivity (Wildman–Crippen MR) is 104 cm³/mol. The van der Waals surface area contributed by atoms with E-state index in [9.17, 15) is 30.4 Å². The molecule has 9 nitrogen and oxygen atoms in total. The van der Waals surface area contributed by atoms with Crippen molar-refractivity contribution in [2.75, 3.05) is 20.7 Å². The SMILES string of the molecule is COc1cc(/C(O)=C(\C#N)C(=O)N(C)CCc2ccccc2)cc([N+](=O)[O-])c1O. The van der Waals surface area contributed by atoms with Gasteiger partial charge in [0.25, 0.3) is 5.91 Å². The van der Waals surface area contributed by atoms with Gasteiger partial charge in [-0.05, 0) is 18.1 Å². The third-order valence-corrected chi connectivity index (χ3v) is 4.23. The largest absolute Gasteiger partial charge is 0.506 e. The Morgan fingerprint density at radius 1 is 1.31 bits per heavy atom. The van der Waals surface area contributed by atoms with Crippen LogP contribution in [0.25, 0.3) is 5.76 Å². The molecule has 150 valence electrons. The Balaban J connectivity index is 2.35. The molecular weight excluding hydrogens is 378 g/mol. The molecule has 0 saturated carbocycles. The highest BCUT2D eigenvalue weighted by molar-refractivity contribution is 6.03. The lowest BCUT2D eigenvalue weighted by Gasteiger charge is -2.17. The first-order chi connectivity index (χ1) is 13.8. The van der Waals surface area contributed by atoms with E-state index < -0.39 is 33.6 Å². The number of aliphatic hydroxyl groups excluding tert-OH is 1. The van der Waals surface area contributed by atoms with Crippen LogP contribution in [0.2, 0.25) is 0 Å². The van der Waals surface area contributed by atoms with Crippen molar-refractivity contribution in [3.05, 3.63) is 69.3 Å². The fourth-order valence-electron chi connectivity index (χ4n) is 2.60. The van der Waals surface area contributed by atoms with E-state index in [4.69, 9.17) is 4.74 Å². The molecule has 29 heavy (non-hydrogen) atoms. The van der Waals surface area contributed by atoms with E-state index in [0.29, 0.717) is 13.0 Å². The van der Waals surface area contributed by atoms with Crippen LogP contribution in [0.4, 0.5) is 5.69 Å². The lowest BCUT2D eigenvalue weighted by Crippen LogP contribution is -2.30. The number of nitrogens with zero attached hydrogens (tertiary/aromatic N) is 3. The number of nitro benzene ring substituents is 1. The van der Waals surface area contributed by atoms with Gasteiger partial charge in [0.05, 0.1) is 12.0 Å². The molecule has 2 N–H and O–H groups in total. The summed E-state index contributed by atoms with van der Waals surface area (Å²) in [4.78, 5) is 24.1. The topological polar surface area (TPSA) is 137 Å². The van der Waals surface area contributed by atoms with Crippen molar-refractivity contribution in [2.45, 2.75) is 6.42 Å². The van der Waals surface area contributed by atoms with Gasteiger partial charge < -0.3 is 19.8 Å². The number of hydrogen-bond donors (Lipinski definition) is 2. The molecule has 0 spiro atoms. The van der Waals surface area contributed by atoms with Crippen molar-refractivity contribution >= 4 is 17.4 Å². The fourth-order valence-corrected chi connectivity index (χ4v) is 2.60. The fraction of sp³-hybridized carbons (Fsp3) is 0.200. The van der Waals surface area contributed by atoms with Crippen LogP contribution in [-0.2, 0) is 11.2 Å². The van der Waals surface area contributed by atoms with Crippen LogP contribution < -0.4 is 4.74 Å². The van der Waals surface area contributed by atoms with Gasteiger partial charge in [-0.2, -0.15) is 5.26 Å². The summed E-state index contributed by atoms with van der Waals surface area (Å²) in [7, 11) is 2.66. The first-order valence-corrected chi connectivity index (χ1v) is 8.48. The highest BCUT2D eigenvalue weighted by Gasteiger charge is 2.25. The zero-order valence-electron chi connectivity index (χ0n) is 15.8. The maximum atomic E-state index is 12.6. The van der Waals surface area contributed by atoms with Crippen molar-refractivity contribution in [3.8, 4) is 17.6 Å². The second-order valence-corrected chi connectivity index (χ2v) is 6.10. The molecular formula is C20H19N3O6. The molecule has 0 bridgehead atoms. The van der Waals surface area contributed by atoms with Gasteiger partial charge in [-0.1, -0.05) is 30.3 Å². The van der Waals surface area contributed by atoms with Gasteiger partial charge in [0.15, 0.2) is 11.3 Å². The summed E-state index contributed by atoms with van der Waals surface area (Å²) in [5.74, 6) is -2.48. The van der Waals surface area contributed by atoms with E-state index in [0.717, 1.165) is 17.7 Å². The quantitative estimate of drug-likeness (QED) is 0.241. The third-order valence-electron chi connectivity index (χ3n) is 4.23. The number of rotatable bonds is 7. The number of carbonyl (C=O) groups excluding carboxylic acids is 1. The lowest BCUT2D eigenvalue weighted by molar-refractivity contribution is -0.386. The molecule has 0 saturated heterocycles. The van der Waals surface area contributed by atoms with Crippen molar-refractivity contribution in [3.63, 3.8) is 0 Å². The number of methoxy groups -OCH3 is 1. The number of phenols is 1. The number of aliphatic hydroxyl groups is 1. The molecule has 9 heteroatoms. The van der Waals surface area contributed by atoms with E-state index in [1.807, 2.05) is 30.3 Å². The number of likely N-dealkylation sites (N-methyl/N-ethyl adjacent to an activating group) is 1. The normalized spacial score (nSPS) is 11.2. The van der Waals surface area contributed by atoms with Gasteiger partial charge in [-0.25, -0.2) is 0 Å². The van der Waals surface area contributed by atoms with Gasteiger partial charge in [0, 0.05) is 25.2 Å². The first-order valence-electron chi connectivity index (χ1n) is 8.48. The Morgan fingerprint density at radius 2 is 1.97 bits per heavy atom. The number of ether oxygens (including phenoxy) is 1. The number of nitriles is 1. The molecule has 2 aromatic carbocycles. The Bertz CT molecular complexity index is 995. The molecule has 0 aromatic heterocycles. The van der Waals surface area contributed by atoms with E-state index >= 15 is 0 Å². The second-order valence-electron chi connectivity index (χ2n) is 6.10. The molecule has 0 atom stereocenters. The van der Waals surface area contributed by atoms with Crippen molar-refractivity contribution in [1.82, 2.24) is 4.90 Å². The maximum Gasteiger partial charge on any atom is 0.315 e. The average molecular weight is 397 g/mol. The molecule has 0 fully saturated rings. The standard InChI is InChI=1S/C20H19N3O6/c1-22(9-8-13-6-4-3-5-7-13)20(26)15(12-21)18(24)14-10-16(23(27)28)19(25)17(11-14)29-2/h3-7,10-11,24-25H,8-9H2,1-2H3/b18-15-. The number of carbonyl (C=O) groups is 1. The van der Waals surface area contributed by atoms with E-state index in [2.05, 4.69) is 0 Å². The summed E-state index contributed by atoms with van der Waals surface area (Å²) in [6.07, 6.45) is 0.543. The summed E-state index contributed by atoms with van der Waals surface area (Å²) < 4.78 is 4.87. The van der Waals surface area contributed by atoms with Crippen molar-refractivity contribution in [2.24, 2.45) is 0 Å². The third kappa shape index (κ3) is 4.81. The summed E-state index contributed by atoms with van der Waals surface area (Å²) in [5.41, 5.74) is -0.513. The van der Waals surface area contributed by atoms with Crippen LogP contribution in [-0.4, -0.2) is 46.6 Å². The zero-order valence-corrected chi connectivity index (χ0v) is 15.8. The Labute approximate surface area is 166 Å². The van der Waals surface area contributed by atoms with Crippen LogP contribution in [0.15, 0.2) is 48.0 Å². The molecule has 0 aliphatic rings. The molecule has 2 rings (SSSR count). The van der Waals surface area contributed by atoms with Crippen LogP contribution in [0.3, 0.4) is 0 Å². The Morgan fingerprint density at radius 3 is 2.52 bits per heavy atom. The molecule has 0 aliphatic heterocycles. The predicted octanol–water partition coefficient (Wildman–Crippen LogP) is 2.80. The second kappa shape index (κ2) is 9.23. The monoisotopic (exact) mass is 397 g/mol. The number of hydrogen-bond acceptors (Lipinski definition) is 7. The smallest absolute Gasteiger partial charge is 0.315 e. The molecule has 0 aliphatic carbocycles. The van der Waals surface area contributed by atoms with Gasteiger partial charge in [-0.15, -0.1) is 0 Å². The average Bonchev–Trinajstić information content (AvgIpc) is 2.72. The van der Waals surface area contributed by atoms with E-state index in [1.165, 1.54) is 19.1 Å². The van der Waals surface area contributed by atoms with Crippen molar-refractivity contribution < 1.29 is 24.7 Å². The zero-order chi connectivity index (χ0) is 21.6. The van der Waals surface area contributed by atoms with Crippen LogP contribution in [0, 0.1) is 21.4 Å². The summed E-state index contributed by atoms with van der Waals surface area (Å²) in [6.45, 7) is 0.292. The first kappa shape index (κ1) is 21.2. The van der Waals surface area contributed by atoms with Gasteiger partial charge in [0.2, 0.25) is 5.75 Å². The van der Waals surface area contributed by atoms with Gasteiger partial charge >= 0.3 is 5.69 Å². The lowest BCUT2D eigenvalue weighted by atomic mass is 10.1. The highest BCUT2D eigenvalue weighted by Crippen LogP contribution is 2.38. The maximum absolute atomic E-state index is 12.6. The number of phenolic OH excluding ortho intramolecular Hbond substituents is 1. The summed E-state index contributed by atoms with van der Waals surface area (Å²) >= 11 is 0. The minimum Gasteiger partial charge on any atom is -0.506 e. The summed E-state index contributed by atoms with van der Waals surface area (Å²) in [6, 6.07) is 13.0. The van der Waals surface area contributed by atoms with Crippen LogP contribution in [0.1, 0.15) is 11.1 Å². The Kier molecular flexibility index (Phi) is 6.76. The molecule has 2 aromatic rings. The number of aromatic hydroxyl groups is 1. The molecule has 0 heterocycles. The van der Waals surface area contributed by atoms with Crippen LogP contribution >= 0.6 is 0 Å². The Hall–Kier alpha value is -4.06. The number of benzene rings is 2. The molecule has 0 unspecified atom stereocenters. The molecule has 1 amide bonds. The highest BCUT2D eigenvalue weighted by atomic mass is 16.6. The molecule has 0 radical (unpaired) electrons. The van der Waals surface area contributed by atoms with Gasteiger partial charge in [0.1, 0.15) is 11.8 Å². The van der Waals surface area contributed by atoms with E-state index in [1.54, 1.807) is 6.07 Å².